The Labute approximate surface area is 90.7 Å². The molecule has 0 aliphatic rings. The van der Waals surface area contributed by atoms with E-state index in [9.17, 15) is 0 Å². The SMILES string of the molecule is CCCOB(OCCC#N)OCCC#N. The maximum atomic E-state index is 8.31. The second kappa shape index (κ2) is 11.0. The molecule has 0 unspecified atom stereocenters. The van der Waals surface area contributed by atoms with Crippen LogP contribution in [0.4, 0.5) is 0 Å². The smallest absolute Gasteiger partial charge is 0.386 e. The average Bonchev–Trinajstić information content (AvgIpc) is 2.25. The van der Waals surface area contributed by atoms with Crippen molar-refractivity contribution in [1.29, 1.82) is 10.5 Å². The van der Waals surface area contributed by atoms with Crippen molar-refractivity contribution in [2.75, 3.05) is 19.8 Å². The number of nitriles is 2. The van der Waals surface area contributed by atoms with Gasteiger partial charge in [0.25, 0.3) is 0 Å². The van der Waals surface area contributed by atoms with Gasteiger partial charge in [0.15, 0.2) is 0 Å². The number of nitrogens with zero attached hydrogens (tertiary/aromatic N) is 2. The normalized spacial score (nSPS) is 9.27. The predicted molar refractivity (Wildman–Crippen MR) is 54.4 cm³/mol. The van der Waals surface area contributed by atoms with Crippen LogP contribution in [0.15, 0.2) is 0 Å². The van der Waals surface area contributed by atoms with Crippen LogP contribution in [0.1, 0.15) is 26.2 Å². The molecule has 0 spiro atoms. The van der Waals surface area contributed by atoms with E-state index in [0.717, 1.165) is 6.42 Å². The van der Waals surface area contributed by atoms with Gasteiger partial charge >= 0.3 is 7.32 Å². The Morgan fingerprint density at radius 2 is 1.40 bits per heavy atom. The Bertz CT molecular complexity index is 204. The fourth-order valence-corrected chi connectivity index (χ4v) is 0.760. The predicted octanol–water partition coefficient (Wildman–Crippen LogP) is 1.26. The van der Waals surface area contributed by atoms with Crippen LogP contribution < -0.4 is 0 Å². The molecule has 0 bridgehead atoms. The van der Waals surface area contributed by atoms with Crippen LogP contribution in [0.3, 0.4) is 0 Å². The highest BCUT2D eigenvalue weighted by Gasteiger charge is 2.20. The Kier molecular flexibility index (Phi) is 10.2. The monoisotopic (exact) mass is 210 g/mol. The van der Waals surface area contributed by atoms with E-state index in [1.165, 1.54) is 0 Å². The van der Waals surface area contributed by atoms with Gasteiger partial charge in [-0.05, 0) is 6.42 Å². The molecule has 0 aromatic rings. The van der Waals surface area contributed by atoms with E-state index in [1.54, 1.807) is 0 Å². The van der Waals surface area contributed by atoms with Gasteiger partial charge in [0.05, 0.1) is 25.0 Å². The number of hydrogen-bond donors (Lipinski definition) is 0. The van der Waals surface area contributed by atoms with Crippen LogP contribution >= 0.6 is 0 Å². The average molecular weight is 210 g/mol. The van der Waals surface area contributed by atoms with Gasteiger partial charge in [0.2, 0.25) is 0 Å². The van der Waals surface area contributed by atoms with Crippen molar-refractivity contribution in [2.45, 2.75) is 26.2 Å². The van der Waals surface area contributed by atoms with Crippen molar-refractivity contribution in [1.82, 2.24) is 0 Å². The highest BCUT2D eigenvalue weighted by Crippen LogP contribution is 1.96. The third-order valence-corrected chi connectivity index (χ3v) is 1.39. The molecule has 6 heteroatoms. The lowest BCUT2D eigenvalue weighted by Gasteiger charge is -2.12. The van der Waals surface area contributed by atoms with Crippen LogP contribution in [0, 0.1) is 22.7 Å². The molecule has 15 heavy (non-hydrogen) atoms. The molecule has 0 amide bonds. The number of rotatable bonds is 9. The number of hydrogen-bond acceptors (Lipinski definition) is 5. The molecule has 0 fully saturated rings. The van der Waals surface area contributed by atoms with Crippen molar-refractivity contribution >= 4 is 7.32 Å². The van der Waals surface area contributed by atoms with Gasteiger partial charge in [0.1, 0.15) is 0 Å². The summed E-state index contributed by atoms with van der Waals surface area (Å²) in [6.07, 6.45) is 1.46. The maximum Gasteiger partial charge on any atom is 0.639 e. The van der Waals surface area contributed by atoms with Crippen molar-refractivity contribution in [2.24, 2.45) is 0 Å². The molecule has 0 N–H and O–H groups in total. The zero-order valence-corrected chi connectivity index (χ0v) is 8.94. The largest absolute Gasteiger partial charge is 0.639 e. The quantitative estimate of drug-likeness (QED) is 0.423. The first-order valence-corrected chi connectivity index (χ1v) is 4.93. The third-order valence-electron chi connectivity index (χ3n) is 1.39. The van der Waals surface area contributed by atoms with Crippen LogP contribution in [-0.2, 0) is 14.0 Å². The topological polar surface area (TPSA) is 75.3 Å². The van der Waals surface area contributed by atoms with Crippen LogP contribution in [-0.4, -0.2) is 27.1 Å². The summed E-state index contributed by atoms with van der Waals surface area (Å²) in [5.41, 5.74) is 0. The molecule has 0 aromatic heterocycles. The van der Waals surface area contributed by atoms with Crippen molar-refractivity contribution in [3.8, 4) is 12.1 Å². The molecule has 0 aliphatic carbocycles. The van der Waals surface area contributed by atoms with E-state index in [0.29, 0.717) is 19.4 Å². The minimum absolute atomic E-state index is 0.275. The lowest BCUT2D eigenvalue weighted by molar-refractivity contribution is 0.0967. The van der Waals surface area contributed by atoms with Crippen molar-refractivity contribution in [3.05, 3.63) is 0 Å². The lowest BCUT2D eigenvalue weighted by Crippen LogP contribution is -2.28. The fourth-order valence-electron chi connectivity index (χ4n) is 0.760. The van der Waals surface area contributed by atoms with Gasteiger partial charge < -0.3 is 14.0 Å². The van der Waals surface area contributed by atoms with E-state index in [2.05, 4.69) is 0 Å². The maximum absolute atomic E-state index is 8.31. The van der Waals surface area contributed by atoms with Gasteiger partial charge in [-0.1, -0.05) is 6.92 Å². The zero-order valence-electron chi connectivity index (χ0n) is 8.94. The van der Waals surface area contributed by atoms with E-state index in [1.807, 2.05) is 19.1 Å². The molecule has 0 aliphatic heterocycles. The first-order valence-electron chi connectivity index (χ1n) is 4.93. The minimum Gasteiger partial charge on any atom is -0.386 e. The Balaban J connectivity index is 3.64. The van der Waals surface area contributed by atoms with E-state index in [-0.39, 0.29) is 13.2 Å². The Morgan fingerprint density at radius 1 is 0.933 bits per heavy atom. The molecule has 0 radical (unpaired) electrons. The zero-order chi connectivity index (χ0) is 11.4. The summed E-state index contributed by atoms with van der Waals surface area (Å²) in [6, 6.07) is 3.92. The highest BCUT2D eigenvalue weighted by atomic mass is 16.7. The molecule has 0 saturated carbocycles. The van der Waals surface area contributed by atoms with Crippen LogP contribution in [0.5, 0.6) is 0 Å². The van der Waals surface area contributed by atoms with Crippen molar-refractivity contribution in [3.63, 3.8) is 0 Å². The second-order valence-electron chi connectivity index (χ2n) is 2.72. The summed E-state index contributed by atoms with van der Waals surface area (Å²) in [4.78, 5) is 0. The molecule has 82 valence electrons. The van der Waals surface area contributed by atoms with Gasteiger partial charge in [-0.25, -0.2) is 0 Å². The minimum atomic E-state index is -0.758. The molecule has 0 saturated heterocycles. The second-order valence-corrected chi connectivity index (χ2v) is 2.72. The molecule has 0 atom stereocenters. The standard InChI is InChI=1S/C9H15BN2O3/c1-2-7-13-10(14-8-3-5-11)15-9-4-6-12/h2-4,7-9H2,1H3. The summed E-state index contributed by atoms with van der Waals surface area (Å²) >= 11 is 0. The van der Waals surface area contributed by atoms with Gasteiger partial charge in [-0.2, -0.15) is 10.5 Å². The summed E-state index contributed by atoms with van der Waals surface area (Å²) < 4.78 is 15.5. The lowest BCUT2D eigenvalue weighted by atomic mass is 10.2. The summed E-state index contributed by atoms with van der Waals surface area (Å²) in [5, 5.41) is 16.6. The molecule has 5 nitrogen and oxygen atoms in total. The molecular weight excluding hydrogens is 195 g/mol. The molecule has 0 heterocycles. The fraction of sp³-hybridized carbons (Fsp3) is 0.778. The van der Waals surface area contributed by atoms with Gasteiger partial charge in [0, 0.05) is 19.8 Å². The van der Waals surface area contributed by atoms with Gasteiger partial charge in [-0.3, -0.25) is 0 Å². The first-order chi connectivity index (χ1) is 7.35. The van der Waals surface area contributed by atoms with Gasteiger partial charge in [-0.15, -0.1) is 0 Å². The van der Waals surface area contributed by atoms with E-state index >= 15 is 0 Å². The third kappa shape index (κ3) is 9.23. The molecule has 0 rings (SSSR count). The van der Waals surface area contributed by atoms with Crippen molar-refractivity contribution < 1.29 is 14.0 Å². The van der Waals surface area contributed by atoms with E-state index < -0.39 is 7.32 Å². The highest BCUT2D eigenvalue weighted by molar-refractivity contribution is 6.36. The Morgan fingerprint density at radius 3 is 1.80 bits per heavy atom. The van der Waals surface area contributed by atoms with Crippen LogP contribution in [0.25, 0.3) is 0 Å². The Hall–Kier alpha value is -1.08. The van der Waals surface area contributed by atoms with E-state index in [4.69, 9.17) is 24.5 Å². The summed E-state index contributed by atoms with van der Waals surface area (Å²) in [7, 11) is -0.758. The summed E-state index contributed by atoms with van der Waals surface area (Å²) in [6.45, 7) is 3.06. The van der Waals surface area contributed by atoms with Crippen LogP contribution in [0.2, 0.25) is 0 Å². The molecular formula is C9H15BN2O3. The molecule has 0 aromatic carbocycles. The summed E-state index contributed by atoms with van der Waals surface area (Å²) in [5.74, 6) is 0. The first kappa shape index (κ1) is 13.9.